The van der Waals surface area contributed by atoms with Crippen molar-refractivity contribution in [3.63, 3.8) is 0 Å². The molecule has 1 atom stereocenters. The van der Waals surface area contributed by atoms with Crippen LogP contribution in [-0.2, 0) is 6.42 Å². The Morgan fingerprint density at radius 1 is 1.29 bits per heavy atom. The van der Waals surface area contributed by atoms with E-state index in [-0.39, 0.29) is 10.9 Å². The lowest BCUT2D eigenvalue weighted by molar-refractivity contribution is 0.490. The van der Waals surface area contributed by atoms with Crippen molar-refractivity contribution >= 4 is 11.8 Å². The molecule has 0 spiro atoms. The Morgan fingerprint density at radius 3 is 2.47 bits per heavy atom. The Kier molecular flexibility index (Phi) is 5.04. The van der Waals surface area contributed by atoms with Crippen molar-refractivity contribution in [1.82, 2.24) is 0 Å². The molecule has 0 saturated carbocycles. The maximum absolute atomic E-state index is 6.09. The summed E-state index contributed by atoms with van der Waals surface area (Å²) in [7, 11) is 0. The fourth-order valence-corrected chi connectivity index (χ4v) is 2.51. The summed E-state index contributed by atoms with van der Waals surface area (Å²) in [5.41, 5.74) is 13.4. The highest BCUT2D eigenvalue weighted by atomic mass is 32.2. The number of hydrogen-bond donors (Lipinski definition) is 2. The number of hydrogen-bond acceptors (Lipinski definition) is 3. The predicted molar refractivity (Wildman–Crippen MR) is 77.1 cm³/mol. The van der Waals surface area contributed by atoms with Crippen LogP contribution in [0, 0.1) is 5.92 Å². The Labute approximate surface area is 109 Å². The molecule has 0 heterocycles. The minimum absolute atomic E-state index is 0.223. The third-order valence-corrected chi connectivity index (χ3v) is 3.62. The van der Waals surface area contributed by atoms with Crippen molar-refractivity contribution in [3.05, 3.63) is 29.8 Å². The summed E-state index contributed by atoms with van der Waals surface area (Å²) in [6, 6.07) is 8.73. The first kappa shape index (κ1) is 14.6. The molecule has 0 fully saturated rings. The number of rotatable bonds is 5. The molecule has 1 rings (SSSR count). The van der Waals surface area contributed by atoms with Crippen LogP contribution in [0.25, 0.3) is 0 Å². The van der Waals surface area contributed by atoms with Gasteiger partial charge in [-0.3, -0.25) is 0 Å². The molecule has 0 radical (unpaired) electrons. The molecule has 0 aliphatic rings. The predicted octanol–water partition coefficient (Wildman–Crippen LogP) is 3.00. The third kappa shape index (κ3) is 5.57. The van der Waals surface area contributed by atoms with Crippen molar-refractivity contribution in [2.24, 2.45) is 17.4 Å². The Morgan fingerprint density at radius 2 is 1.94 bits per heavy atom. The minimum Gasteiger partial charge on any atom is -0.327 e. The molecule has 96 valence electrons. The summed E-state index contributed by atoms with van der Waals surface area (Å²) in [5, 5.41) is 0. The molecule has 3 heteroatoms. The van der Waals surface area contributed by atoms with Crippen LogP contribution in [-0.4, -0.2) is 10.9 Å². The van der Waals surface area contributed by atoms with Gasteiger partial charge in [-0.1, -0.05) is 26.0 Å². The van der Waals surface area contributed by atoms with Gasteiger partial charge in [0.25, 0.3) is 0 Å². The summed E-state index contributed by atoms with van der Waals surface area (Å²) >= 11 is 1.69. The van der Waals surface area contributed by atoms with Gasteiger partial charge in [0, 0.05) is 10.9 Å². The topological polar surface area (TPSA) is 52.0 Å². The maximum atomic E-state index is 6.09. The highest BCUT2D eigenvalue weighted by Gasteiger charge is 2.13. The molecular formula is C14H24N2S. The maximum Gasteiger partial charge on any atom is 0.0609 e. The van der Waals surface area contributed by atoms with Crippen LogP contribution in [0.3, 0.4) is 0 Å². The van der Waals surface area contributed by atoms with Gasteiger partial charge in [0.05, 0.1) is 4.87 Å². The smallest absolute Gasteiger partial charge is 0.0609 e. The molecule has 0 amide bonds. The molecule has 1 unspecified atom stereocenters. The van der Waals surface area contributed by atoms with Crippen molar-refractivity contribution in [3.8, 4) is 0 Å². The Balaban J connectivity index is 2.72. The largest absolute Gasteiger partial charge is 0.327 e. The van der Waals surface area contributed by atoms with E-state index in [0.717, 1.165) is 6.42 Å². The lowest BCUT2D eigenvalue weighted by Gasteiger charge is -2.19. The lowest BCUT2D eigenvalue weighted by Crippen LogP contribution is -2.29. The van der Waals surface area contributed by atoms with Gasteiger partial charge < -0.3 is 11.5 Å². The van der Waals surface area contributed by atoms with Crippen LogP contribution in [0.4, 0.5) is 0 Å². The highest BCUT2D eigenvalue weighted by molar-refractivity contribution is 8.00. The molecule has 0 saturated heterocycles. The van der Waals surface area contributed by atoms with Gasteiger partial charge in [-0.15, -0.1) is 11.8 Å². The summed E-state index contributed by atoms with van der Waals surface area (Å²) in [6.07, 6.45) is 0.928. The zero-order valence-corrected chi connectivity index (χ0v) is 12.1. The molecule has 1 aromatic carbocycles. The molecular weight excluding hydrogens is 228 g/mol. The zero-order chi connectivity index (χ0) is 13.1. The quantitative estimate of drug-likeness (QED) is 0.625. The molecule has 0 aliphatic heterocycles. The molecule has 1 aromatic rings. The second-order valence-corrected chi connectivity index (χ2v) is 7.19. The van der Waals surface area contributed by atoms with Crippen LogP contribution >= 0.6 is 11.8 Å². The van der Waals surface area contributed by atoms with Crippen molar-refractivity contribution in [2.75, 3.05) is 0 Å². The van der Waals surface area contributed by atoms with Crippen molar-refractivity contribution < 1.29 is 0 Å². The summed E-state index contributed by atoms with van der Waals surface area (Å²) in [6.45, 7) is 8.35. The number of nitrogens with two attached hydrogens (primary N) is 2. The molecule has 17 heavy (non-hydrogen) atoms. The van der Waals surface area contributed by atoms with Crippen LogP contribution in [0.2, 0.25) is 0 Å². The lowest BCUT2D eigenvalue weighted by atomic mass is 9.97. The van der Waals surface area contributed by atoms with E-state index < -0.39 is 0 Å². The summed E-state index contributed by atoms with van der Waals surface area (Å²) < 4.78 is 0. The van der Waals surface area contributed by atoms with Gasteiger partial charge in [-0.2, -0.15) is 0 Å². The van der Waals surface area contributed by atoms with Gasteiger partial charge >= 0.3 is 0 Å². The van der Waals surface area contributed by atoms with Crippen LogP contribution in [0.5, 0.6) is 0 Å². The number of benzene rings is 1. The first-order valence-corrected chi connectivity index (χ1v) is 6.92. The molecule has 2 nitrogen and oxygen atoms in total. The Hall–Kier alpha value is -0.510. The minimum atomic E-state index is -0.237. The van der Waals surface area contributed by atoms with Gasteiger partial charge in [-0.05, 0) is 43.9 Å². The van der Waals surface area contributed by atoms with E-state index in [0.29, 0.717) is 5.92 Å². The second-order valence-electron chi connectivity index (χ2n) is 5.46. The fraction of sp³-hybridized carbons (Fsp3) is 0.571. The number of thioether (sulfide) groups is 1. The van der Waals surface area contributed by atoms with Crippen LogP contribution < -0.4 is 11.5 Å². The van der Waals surface area contributed by atoms with Crippen molar-refractivity contribution in [1.29, 1.82) is 0 Å². The SMILES string of the molecule is CC(C)C(N)Cc1cccc(SC(C)(C)N)c1. The van der Waals surface area contributed by atoms with Gasteiger partial charge in [0.1, 0.15) is 0 Å². The monoisotopic (exact) mass is 252 g/mol. The van der Waals surface area contributed by atoms with E-state index in [4.69, 9.17) is 11.5 Å². The Bertz CT molecular complexity index is 355. The van der Waals surface area contributed by atoms with E-state index >= 15 is 0 Å². The summed E-state index contributed by atoms with van der Waals surface area (Å²) in [5.74, 6) is 0.511. The van der Waals surface area contributed by atoms with Gasteiger partial charge in [-0.25, -0.2) is 0 Å². The first-order chi connectivity index (χ1) is 7.78. The van der Waals surface area contributed by atoms with E-state index in [2.05, 4.69) is 38.1 Å². The normalized spacial score (nSPS) is 14.1. The second kappa shape index (κ2) is 5.89. The molecule has 0 bridgehead atoms. The summed E-state index contributed by atoms with van der Waals surface area (Å²) in [4.78, 5) is 0.977. The average Bonchev–Trinajstić information content (AvgIpc) is 2.15. The fourth-order valence-electron chi connectivity index (χ4n) is 1.55. The van der Waals surface area contributed by atoms with Crippen molar-refractivity contribution in [2.45, 2.75) is 49.9 Å². The molecule has 4 N–H and O–H groups in total. The van der Waals surface area contributed by atoms with Crippen LogP contribution in [0.1, 0.15) is 33.3 Å². The first-order valence-electron chi connectivity index (χ1n) is 6.10. The van der Waals surface area contributed by atoms with E-state index in [1.165, 1.54) is 10.5 Å². The standard InChI is InChI=1S/C14H24N2S/c1-10(2)13(15)9-11-6-5-7-12(8-11)17-14(3,4)16/h5-8,10,13H,9,15-16H2,1-4H3. The van der Waals surface area contributed by atoms with E-state index in [1.807, 2.05) is 13.8 Å². The van der Waals surface area contributed by atoms with Gasteiger partial charge in [0.2, 0.25) is 0 Å². The highest BCUT2D eigenvalue weighted by Crippen LogP contribution is 2.28. The van der Waals surface area contributed by atoms with Crippen LogP contribution in [0.15, 0.2) is 29.2 Å². The van der Waals surface area contributed by atoms with E-state index in [1.54, 1.807) is 11.8 Å². The third-order valence-electron chi connectivity index (χ3n) is 2.61. The van der Waals surface area contributed by atoms with Gasteiger partial charge in [0.15, 0.2) is 0 Å². The molecule has 0 aromatic heterocycles. The van der Waals surface area contributed by atoms with E-state index in [9.17, 15) is 0 Å². The zero-order valence-electron chi connectivity index (χ0n) is 11.2. The molecule has 0 aliphatic carbocycles. The average molecular weight is 252 g/mol.